The van der Waals surface area contributed by atoms with Gasteiger partial charge in [0.15, 0.2) is 0 Å². The van der Waals surface area contributed by atoms with Gasteiger partial charge in [0.05, 0.1) is 11.6 Å². The molecule has 0 aromatic heterocycles. The Balaban J connectivity index is 1.65. The third-order valence-corrected chi connectivity index (χ3v) is 5.06. The minimum absolute atomic E-state index is 0.131. The van der Waals surface area contributed by atoms with Crippen LogP contribution in [0.15, 0.2) is 46.9 Å². The van der Waals surface area contributed by atoms with Gasteiger partial charge in [-0.3, -0.25) is 0 Å². The van der Waals surface area contributed by atoms with Crippen molar-refractivity contribution in [3.63, 3.8) is 0 Å². The molecule has 3 rings (SSSR count). The lowest BCUT2D eigenvalue weighted by Crippen LogP contribution is -2.34. The average Bonchev–Trinajstić information content (AvgIpc) is 3.43. The molecule has 136 valence electrons. The summed E-state index contributed by atoms with van der Waals surface area (Å²) in [5, 5.41) is 2.73. The molecule has 0 unspecified atom stereocenters. The molecule has 1 fully saturated rings. The number of para-hydroxylation sites is 1. The second kappa shape index (κ2) is 7.45. The molecule has 2 aromatic carbocycles. The van der Waals surface area contributed by atoms with Crippen LogP contribution in [0, 0.1) is 5.82 Å². The van der Waals surface area contributed by atoms with Crippen LogP contribution >= 0.6 is 15.9 Å². The number of esters is 1. The third-order valence-electron chi connectivity index (χ3n) is 4.45. The third kappa shape index (κ3) is 3.88. The van der Waals surface area contributed by atoms with Gasteiger partial charge in [-0.15, -0.1) is 0 Å². The van der Waals surface area contributed by atoms with E-state index in [1.807, 2.05) is 0 Å². The van der Waals surface area contributed by atoms with Gasteiger partial charge >= 0.3 is 12.1 Å². The van der Waals surface area contributed by atoms with Gasteiger partial charge in [-0.1, -0.05) is 18.2 Å². The molecular formula is C19H17BrFNO4. The van der Waals surface area contributed by atoms with E-state index in [4.69, 9.17) is 4.74 Å². The van der Waals surface area contributed by atoms with Gasteiger partial charge in [0.25, 0.3) is 0 Å². The van der Waals surface area contributed by atoms with Gasteiger partial charge in [0.2, 0.25) is 0 Å². The number of ether oxygens (including phenoxy) is 2. The summed E-state index contributed by atoms with van der Waals surface area (Å²) in [6, 6.07) is 11.2. The fourth-order valence-corrected chi connectivity index (χ4v) is 3.13. The molecule has 0 saturated heterocycles. The molecule has 0 spiro atoms. The minimum Gasteiger partial charge on any atom is -0.465 e. The second-order valence-electron chi connectivity index (χ2n) is 6.14. The SMILES string of the molecule is COC(=O)c1ccccc1OC(=O)NCC1(c2ccc(F)c(Br)c2)CC1. The van der Waals surface area contributed by atoms with Crippen LogP contribution < -0.4 is 10.1 Å². The molecule has 1 saturated carbocycles. The van der Waals surface area contributed by atoms with E-state index in [2.05, 4.69) is 26.0 Å². The van der Waals surface area contributed by atoms with E-state index in [1.165, 1.54) is 25.3 Å². The highest BCUT2D eigenvalue weighted by atomic mass is 79.9. The summed E-state index contributed by atoms with van der Waals surface area (Å²) in [6.45, 7) is 0.365. The Morgan fingerprint density at radius 2 is 1.96 bits per heavy atom. The quantitative estimate of drug-likeness (QED) is 0.734. The number of amides is 1. The van der Waals surface area contributed by atoms with Crippen LogP contribution in [0.25, 0.3) is 0 Å². The van der Waals surface area contributed by atoms with Crippen molar-refractivity contribution in [3.8, 4) is 5.75 Å². The summed E-state index contributed by atoms with van der Waals surface area (Å²) in [7, 11) is 1.26. The maximum atomic E-state index is 13.4. The fourth-order valence-electron chi connectivity index (χ4n) is 2.76. The molecule has 0 heterocycles. The molecule has 0 bridgehead atoms. The maximum Gasteiger partial charge on any atom is 0.412 e. The van der Waals surface area contributed by atoms with Gasteiger partial charge in [-0.05, 0) is 58.6 Å². The van der Waals surface area contributed by atoms with Crippen molar-refractivity contribution in [1.82, 2.24) is 5.32 Å². The van der Waals surface area contributed by atoms with Crippen LogP contribution in [0.2, 0.25) is 0 Å². The number of nitrogens with one attached hydrogen (secondary N) is 1. The zero-order valence-corrected chi connectivity index (χ0v) is 15.6. The van der Waals surface area contributed by atoms with E-state index in [0.717, 1.165) is 18.4 Å². The van der Waals surface area contributed by atoms with Gasteiger partial charge in [-0.25, -0.2) is 14.0 Å². The van der Waals surface area contributed by atoms with Crippen molar-refractivity contribution in [2.45, 2.75) is 18.3 Å². The summed E-state index contributed by atoms with van der Waals surface area (Å²) >= 11 is 3.19. The molecule has 5 nitrogen and oxygen atoms in total. The van der Waals surface area contributed by atoms with Crippen LogP contribution in [-0.4, -0.2) is 25.7 Å². The van der Waals surface area contributed by atoms with Gasteiger partial charge < -0.3 is 14.8 Å². The summed E-state index contributed by atoms with van der Waals surface area (Å²) < 4.78 is 23.7. The summed E-state index contributed by atoms with van der Waals surface area (Å²) in [6.07, 6.45) is 1.13. The zero-order valence-electron chi connectivity index (χ0n) is 14.1. The number of carbonyl (C=O) groups excluding carboxylic acids is 2. The monoisotopic (exact) mass is 421 g/mol. The Labute approximate surface area is 158 Å². The molecule has 0 aliphatic heterocycles. The lowest BCUT2D eigenvalue weighted by atomic mass is 9.96. The highest BCUT2D eigenvalue weighted by molar-refractivity contribution is 9.10. The standard InChI is InChI=1S/C19H17BrFNO4/c1-25-17(23)13-4-2-3-5-16(13)26-18(24)22-11-19(8-9-19)12-6-7-15(21)14(20)10-12/h2-7,10H,8-9,11H2,1H3,(H,22,24). The Kier molecular flexibility index (Phi) is 5.27. The number of methoxy groups -OCH3 is 1. The molecule has 2 aromatic rings. The predicted molar refractivity (Wildman–Crippen MR) is 96.8 cm³/mol. The van der Waals surface area contributed by atoms with Crippen molar-refractivity contribution >= 4 is 28.0 Å². The number of rotatable bonds is 5. The van der Waals surface area contributed by atoms with E-state index in [1.54, 1.807) is 24.3 Å². The first-order valence-electron chi connectivity index (χ1n) is 8.04. The van der Waals surface area contributed by atoms with Crippen LogP contribution in [0.4, 0.5) is 9.18 Å². The summed E-state index contributed by atoms with van der Waals surface area (Å²) in [5.74, 6) is -0.772. The second-order valence-corrected chi connectivity index (χ2v) is 6.99. The largest absolute Gasteiger partial charge is 0.465 e. The van der Waals surface area contributed by atoms with Crippen molar-refractivity contribution in [2.24, 2.45) is 0 Å². The zero-order chi connectivity index (χ0) is 18.7. The molecule has 1 aliphatic rings. The topological polar surface area (TPSA) is 64.6 Å². The highest BCUT2D eigenvalue weighted by Crippen LogP contribution is 2.48. The summed E-state index contributed by atoms with van der Waals surface area (Å²) in [4.78, 5) is 23.9. The number of hydrogen-bond acceptors (Lipinski definition) is 4. The van der Waals surface area contributed by atoms with Gasteiger partial charge in [0.1, 0.15) is 17.1 Å². The van der Waals surface area contributed by atoms with Crippen LogP contribution in [0.3, 0.4) is 0 Å². The smallest absolute Gasteiger partial charge is 0.412 e. The van der Waals surface area contributed by atoms with E-state index in [9.17, 15) is 14.0 Å². The molecule has 7 heteroatoms. The van der Waals surface area contributed by atoms with Gasteiger partial charge in [-0.2, -0.15) is 0 Å². The number of hydrogen-bond donors (Lipinski definition) is 1. The van der Waals surface area contributed by atoms with E-state index in [-0.39, 0.29) is 22.5 Å². The molecule has 0 radical (unpaired) electrons. The lowest BCUT2D eigenvalue weighted by molar-refractivity contribution is 0.0598. The molecule has 26 heavy (non-hydrogen) atoms. The Bertz CT molecular complexity index is 851. The van der Waals surface area contributed by atoms with Crippen molar-refractivity contribution < 1.29 is 23.5 Å². The predicted octanol–water partition coefficient (Wildman–Crippen LogP) is 4.20. The lowest BCUT2D eigenvalue weighted by Gasteiger charge is -2.17. The molecular weight excluding hydrogens is 405 g/mol. The van der Waals surface area contributed by atoms with Crippen LogP contribution in [0.5, 0.6) is 5.75 Å². The fraction of sp³-hybridized carbons (Fsp3) is 0.263. The van der Waals surface area contributed by atoms with Crippen LogP contribution in [0.1, 0.15) is 28.8 Å². The summed E-state index contributed by atoms with van der Waals surface area (Å²) in [5.41, 5.74) is 0.923. The molecule has 1 amide bonds. The first-order chi connectivity index (χ1) is 12.4. The molecule has 1 N–H and O–H groups in total. The Morgan fingerprint density at radius 3 is 2.62 bits per heavy atom. The normalized spacial score (nSPS) is 14.4. The van der Waals surface area contributed by atoms with Crippen molar-refractivity contribution in [2.75, 3.05) is 13.7 Å². The number of carbonyl (C=O) groups is 2. The minimum atomic E-state index is -0.659. The molecule has 1 aliphatic carbocycles. The van der Waals surface area contributed by atoms with E-state index in [0.29, 0.717) is 11.0 Å². The first kappa shape index (κ1) is 18.4. The highest BCUT2D eigenvalue weighted by Gasteiger charge is 2.44. The van der Waals surface area contributed by atoms with Crippen molar-refractivity contribution in [1.29, 1.82) is 0 Å². The number of halogens is 2. The Hall–Kier alpha value is -2.41. The Morgan fingerprint density at radius 1 is 1.23 bits per heavy atom. The average molecular weight is 422 g/mol. The van der Waals surface area contributed by atoms with E-state index < -0.39 is 12.1 Å². The van der Waals surface area contributed by atoms with Crippen LogP contribution in [-0.2, 0) is 10.2 Å². The number of benzene rings is 2. The maximum absolute atomic E-state index is 13.4. The first-order valence-corrected chi connectivity index (χ1v) is 8.83. The van der Waals surface area contributed by atoms with Gasteiger partial charge in [0, 0.05) is 12.0 Å². The van der Waals surface area contributed by atoms with E-state index >= 15 is 0 Å². The molecule has 0 atom stereocenters. The van der Waals surface area contributed by atoms with Crippen molar-refractivity contribution in [3.05, 3.63) is 63.9 Å².